The molecule has 2 aliphatic heterocycles. The van der Waals surface area contributed by atoms with Crippen LogP contribution in [0.4, 0.5) is 0 Å². The van der Waals surface area contributed by atoms with Crippen LogP contribution in [0.1, 0.15) is 23.2 Å². The highest BCUT2D eigenvalue weighted by Crippen LogP contribution is 2.31. The summed E-state index contributed by atoms with van der Waals surface area (Å²) in [5, 5.41) is 1.12. The molecule has 1 aromatic heterocycles. The summed E-state index contributed by atoms with van der Waals surface area (Å²) in [5.41, 5.74) is 1.73. The molecule has 0 radical (unpaired) electrons. The maximum atomic E-state index is 12.6. The Labute approximate surface area is 122 Å². The van der Waals surface area contributed by atoms with E-state index in [1.54, 1.807) is 0 Å². The summed E-state index contributed by atoms with van der Waals surface area (Å²) in [7, 11) is 0. The van der Waals surface area contributed by atoms with Crippen molar-refractivity contribution in [3.63, 3.8) is 0 Å². The van der Waals surface area contributed by atoms with E-state index in [-0.39, 0.29) is 5.91 Å². The monoisotopic (exact) mass is 286 g/mol. The van der Waals surface area contributed by atoms with Gasteiger partial charge in [-0.1, -0.05) is 6.07 Å². The van der Waals surface area contributed by atoms with E-state index in [4.69, 9.17) is 9.47 Å². The molecule has 4 rings (SSSR count). The molecule has 2 aliphatic rings. The number of piperidine rings is 1. The summed E-state index contributed by atoms with van der Waals surface area (Å²) < 4.78 is 11.4. The van der Waals surface area contributed by atoms with E-state index in [1.807, 2.05) is 35.4 Å². The summed E-state index contributed by atoms with van der Waals surface area (Å²) in [6, 6.07) is 7.80. The summed E-state index contributed by atoms with van der Waals surface area (Å²) in [6.07, 6.45) is 3.39. The standard InChI is InChI=1S/C16H18N2O3/c19-15(13-2-1-12-3-6-17-14(12)11-13)18-7-4-16(5-8-18)20-9-10-21-16/h1-3,6,11,17H,4-5,7-10H2. The summed E-state index contributed by atoms with van der Waals surface area (Å²) in [5.74, 6) is -0.348. The first-order chi connectivity index (χ1) is 10.3. The van der Waals surface area contributed by atoms with Gasteiger partial charge < -0.3 is 19.4 Å². The second kappa shape index (κ2) is 4.86. The second-order valence-corrected chi connectivity index (χ2v) is 5.68. The van der Waals surface area contributed by atoms with E-state index in [1.165, 1.54) is 0 Å². The van der Waals surface area contributed by atoms with E-state index < -0.39 is 5.79 Å². The minimum atomic E-state index is -0.430. The number of rotatable bonds is 1. The maximum absolute atomic E-state index is 12.6. The Hall–Kier alpha value is -1.85. The largest absolute Gasteiger partial charge is 0.361 e. The first kappa shape index (κ1) is 12.9. The Balaban J connectivity index is 1.50. The quantitative estimate of drug-likeness (QED) is 0.874. The fourth-order valence-electron chi connectivity index (χ4n) is 3.20. The van der Waals surface area contributed by atoms with Gasteiger partial charge in [0.1, 0.15) is 0 Å². The molecular weight excluding hydrogens is 268 g/mol. The lowest BCUT2D eigenvalue weighted by molar-refractivity contribution is -0.181. The smallest absolute Gasteiger partial charge is 0.253 e. The van der Waals surface area contributed by atoms with Gasteiger partial charge in [-0.05, 0) is 23.6 Å². The van der Waals surface area contributed by atoms with Crippen LogP contribution in [0.2, 0.25) is 0 Å². The van der Waals surface area contributed by atoms with E-state index in [0.29, 0.717) is 26.3 Å². The molecule has 2 aromatic rings. The zero-order valence-electron chi connectivity index (χ0n) is 11.8. The Morgan fingerprint density at radius 3 is 2.67 bits per heavy atom. The van der Waals surface area contributed by atoms with E-state index in [0.717, 1.165) is 29.3 Å². The average molecular weight is 286 g/mol. The third-order valence-corrected chi connectivity index (χ3v) is 4.43. The molecule has 0 saturated carbocycles. The van der Waals surface area contributed by atoms with Crippen molar-refractivity contribution < 1.29 is 14.3 Å². The van der Waals surface area contributed by atoms with Crippen molar-refractivity contribution in [2.75, 3.05) is 26.3 Å². The third-order valence-electron chi connectivity index (χ3n) is 4.43. The average Bonchev–Trinajstić information content (AvgIpc) is 3.16. The predicted molar refractivity (Wildman–Crippen MR) is 78.1 cm³/mol. The molecule has 2 saturated heterocycles. The maximum Gasteiger partial charge on any atom is 0.253 e. The number of aromatic amines is 1. The Kier molecular flexibility index (Phi) is 2.97. The highest BCUT2D eigenvalue weighted by molar-refractivity contribution is 5.98. The number of likely N-dealkylation sites (tertiary alicyclic amines) is 1. The highest BCUT2D eigenvalue weighted by atomic mass is 16.7. The lowest BCUT2D eigenvalue weighted by atomic mass is 10.0. The van der Waals surface area contributed by atoms with Gasteiger partial charge in [0.2, 0.25) is 0 Å². The van der Waals surface area contributed by atoms with Crippen LogP contribution in [0.15, 0.2) is 30.5 Å². The first-order valence-corrected chi connectivity index (χ1v) is 7.40. The number of H-pyrrole nitrogens is 1. The number of hydrogen-bond donors (Lipinski definition) is 1. The van der Waals surface area contributed by atoms with Crippen molar-refractivity contribution in [1.82, 2.24) is 9.88 Å². The number of carbonyl (C=O) groups excluding carboxylic acids is 1. The highest BCUT2D eigenvalue weighted by Gasteiger charge is 2.40. The number of amides is 1. The van der Waals surface area contributed by atoms with Crippen LogP contribution in [-0.2, 0) is 9.47 Å². The number of ether oxygens (including phenoxy) is 2. The number of hydrogen-bond acceptors (Lipinski definition) is 3. The van der Waals surface area contributed by atoms with Crippen LogP contribution < -0.4 is 0 Å². The fourth-order valence-corrected chi connectivity index (χ4v) is 3.20. The molecule has 0 bridgehead atoms. The summed E-state index contributed by atoms with van der Waals surface area (Å²) in [6.45, 7) is 2.69. The Morgan fingerprint density at radius 2 is 1.90 bits per heavy atom. The molecule has 3 heterocycles. The van der Waals surface area contributed by atoms with Gasteiger partial charge in [-0.2, -0.15) is 0 Å². The van der Waals surface area contributed by atoms with Crippen molar-refractivity contribution in [2.45, 2.75) is 18.6 Å². The van der Waals surface area contributed by atoms with Crippen LogP contribution >= 0.6 is 0 Å². The fraction of sp³-hybridized carbons (Fsp3) is 0.438. The minimum absolute atomic E-state index is 0.0827. The van der Waals surface area contributed by atoms with Crippen LogP contribution in [0.5, 0.6) is 0 Å². The summed E-state index contributed by atoms with van der Waals surface area (Å²) in [4.78, 5) is 17.6. The van der Waals surface area contributed by atoms with Gasteiger partial charge >= 0.3 is 0 Å². The van der Waals surface area contributed by atoms with Gasteiger partial charge in [-0.25, -0.2) is 0 Å². The van der Waals surface area contributed by atoms with Crippen molar-refractivity contribution in [1.29, 1.82) is 0 Å². The molecule has 21 heavy (non-hydrogen) atoms. The molecule has 0 atom stereocenters. The van der Waals surface area contributed by atoms with Crippen molar-refractivity contribution in [3.05, 3.63) is 36.0 Å². The minimum Gasteiger partial charge on any atom is -0.361 e. The molecule has 1 spiro atoms. The van der Waals surface area contributed by atoms with Gasteiger partial charge in [-0.3, -0.25) is 4.79 Å². The van der Waals surface area contributed by atoms with Gasteiger partial charge in [0.05, 0.1) is 13.2 Å². The van der Waals surface area contributed by atoms with Crippen LogP contribution in [-0.4, -0.2) is 47.9 Å². The van der Waals surface area contributed by atoms with Gasteiger partial charge in [0.15, 0.2) is 5.79 Å². The summed E-state index contributed by atoms with van der Waals surface area (Å²) >= 11 is 0. The SMILES string of the molecule is O=C(c1ccc2cc[nH]c2c1)N1CCC2(CC1)OCCO2. The Bertz CT molecular complexity index is 663. The number of carbonyl (C=O) groups is 1. The predicted octanol–water partition coefficient (Wildman–Crippen LogP) is 2.15. The molecule has 110 valence electrons. The molecule has 1 amide bonds. The van der Waals surface area contributed by atoms with Gasteiger partial charge in [0, 0.05) is 43.2 Å². The number of aromatic nitrogens is 1. The van der Waals surface area contributed by atoms with E-state index in [2.05, 4.69) is 4.98 Å². The van der Waals surface area contributed by atoms with Crippen LogP contribution in [0, 0.1) is 0 Å². The molecule has 0 aliphatic carbocycles. The second-order valence-electron chi connectivity index (χ2n) is 5.68. The number of fused-ring (bicyclic) bond motifs is 1. The molecular formula is C16H18N2O3. The van der Waals surface area contributed by atoms with Gasteiger partial charge in [0.25, 0.3) is 5.91 Å². The molecule has 0 unspecified atom stereocenters. The number of nitrogens with zero attached hydrogens (tertiary/aromatic N) is 1. The van der Waals surface area contributed by atoms with Crippen molar-refractivity contribution >= 4 is 16.8 Å². The lowest BCUT2D eigenvalue weighted by Gasteiger charge is -2.37. The lowest BCUT2D eigenvalue weighted by Crippen LogP contribution is -2.47. The molecule has 1 N–H and O–H groups in total. The van der Waals surface area contributed by atoms with Crippen molar-refractivity contribution in [2.24, 2.45) is 0 Å². The molecule has 2 fully saturated rings. The van der Waals surface area contributed by atoms with E-state index >= 15 is 0 Å². The topological polar surface area (TPSA) is 54.6 Å². The molecule has 5 heteroatoms. The van der Waals surface area contributed by atoms with Crippen molar-refractivity contribution in [3.8, 4) is 0 Å². The Morgan fingerprint density at radius 1 is 1.14 bits per heavy atom. The number of nitrogens with one attached hydrogen (secondary N) is 1. The normalized spacial score (nSPS) is 21.2. The van der Waals surface area contributed by atoms with Crippen LogP contribution in [0.3, 0.4) is 0 Å². The molecule has 5 nitrogen and oxygen atoms in total. The molecule has 1 aromatic carbocycles. The van der Waals surface area contributed by atoms with E-state index in [9.17, 15) is 4.79 Å². The third kappa shape index (κ3) is 2.22. The van der Waals surface area contributed by atoms with Gasteiger partial charge in [-0.15, -0.1) is 0 Å². The zero-order valence-corrected chi connectivity index (χ0v) is 11.8. The first-order valence-electron chi connectivity index (χ1n) is 7.40. The number of benzene rings is 1. The van der Waals surface area contributed by atoms with Crippen LogP contribution in [0.25, 0.3) is 10.9 Å². The zero-order chi connectivity index (χ0) is 14.3.